The summed E-state index contributed by atoms with van der Waals surface area (Å²) in [5, 5.41) is 3.95. The van der Waals surface area contributed by atoms with Crippen LogP contribution in [0.3, 0.4) is 0 Å². The first-order valence-electron chi connectivity index (χ1n) is 6.69. The fraction of sp³-hybridized carbons (Fsp3) is 0.467. The zero-order valence-corrected chi connectivity index (χ0v) is 14.1. The molecule has 4 nitrogen and oxygen atoms in total. The molecule has 0 saturated carbocycles. The molecular weight excluding hydrogens is 318 g/mol. The van der Waals surface area contributed by atoms with Crippen LogP contribution < -0.4 is 10.9 Å². The van der Waals surface area contributed by atoms with Gasteiger partial charge in [-0.05, 0) is 62.7 Å². The summed E-state index contributed by atoms with van der Waals surface area (Å²) >= 11 is 3.47. The van der Waals surface area contributed by atoms with Gasteiger partial charge in [-0.15, -0.1) is 0 Å². The quantitative estimate of drug-likeness (QED) is 0.902. The second-order valence-electron chi connectivity index (χ2n) is 6.22. The number of anilines is 1. The average Bonchev–Trinajstić information content (AvgIpc) is 2.28. The summed E-state index contributed by atoms with van der Waals surface area (Å²) in [6.45, 7) is 10.1. The highest BCUT2D eigenvalue weighted by molar-refractivity contribution is 9.10. The molecule has 0 aliphatic heterocycles. The standard InChI is InChI=1S/C15H20BrN3O/c1-9(2)19-13(20)10-7-6-8-11(16)12(10)17-14(19)18-15(3,4)5/h6-9H,1-5H3,(H,17,18). The molecular formula is C15H20BrN3O. The fourth-order valence-corrected chi connectivity index (χ4v) is 2.54. The van der Waals surface area contributed by atoms with Crippen molar-refractivity contribution in [3.63, 3.8) is 0 Å². The van der Waals surface area contributed by atoms with Crippen LogP contribution >= 0.6 is 15.9 Å². The van der Waals surface area contributed by atoms with E-state index < -0.39 is 0 Å². The third-order valence-electron chi connectivity index (χ3n) is 2.89. The molecule has 0 amide bonds. The highest BCUT2D eigenvalue weighted by Gasteiger charge is 2.18. The molecule has 5 heteroatoms. The number of rotatable bonds is 2. The number of hydrogen-bond donors (Lipinski definition) is 1. The van der Waals surface area contributed by atoms with Crippen LogP contribution in [0.5, 0.6) is 0 Å². The number of nitrogens with one attached hydrogen (secondary N) is 1. The molecule has 1 N–H and O–H groups in total. The number of halogens is 1. The van der Waals surface area contributed by atoms with Gasteiger partial charge in [0.05, 0.1) is 10.9 Å². The molecule has 2 aromatic rings. The second kappa shape index (κ2) is 5.20. The molecule has 1 aromatic heterocycles. The maximum atomic E-state index is 12.7. The molecule has 0 spiro atoms. The van der Waals surface area contributed by atoms with Crippen LogP contribution in [0.25, 0.3) is 10.9 Å². The molecule has 0 aliphatic rings. The van der Waals surface area contributed by atoms with E-state index in [0.29, 0.717) is 16.9 Å². The third kappa shape index (κ3) is 2.87. The van der Waals surface area contributed by atoms with E-state index >= 15 is 0 Å². The zero-order valence-electron chi connectivity index (χ0n) is 12.5. The minimum atomic E-state index is -0.162. The van der Waals surface area contributed by atoms with Crippen molar-refractivity contribution in [1.82, 2.24) is 9.55 Å². The smallest absolute Gasteiger partial charge is 0.263 e. The van der Waals surface area contributed by atoms with Crippen molar-refractivity contribution in [1.29, 1.82) is 0 Å². The molecule has 0 aliphatic carbocycles. The van der Waals surface area contributed by atoms with Crippen LogP contribution in [-0.4, -0.2) is 15.1 Å². The van der Waals surface area contributed by atoms with E-state index in [9.17, 15) is 4.79 Å². The van der Waals surface area contributed by atoms with E-state index in [1.54, 1.807) is 4.57 Å². The first-order valence-corrected chi connectivity index (χ1v) is 7.49. The van der Waals surface area contributed by atoms with Gasteiger partial charge in [-0.25, -0.2) is 4.98 Å². The maximum Gasteiger partial charge on any atom is 0.263 e. The average molecular weight is 338 g/mol. The molecule has 0 bridgehead atoms. The summed E-state index contributed by atoms with van der Waals surface area (Å²) in [6, 6.07) is 5.62. The molecule has 0 atom stereocenters. The first kappa shape index (κ1) is 15.0. The summed E-state index contributed by atoms with van der Waals surface area (Å²) < 4.78 is 2.54. The van der Waals surface area contributed by atoms with Crippen LogP contribution in [0.4, 0.5) is 5.95 Å². The molecule has 0 saturated heterocycles. The van der Waals surface area contributed by atoms with Gasteiger partial charge in [-0.1, -0.05) is 6.07 Å². The number of fused-ring (bicyclic) bond motifs is 1. The van der Waals surface area contributed by atoms with Gasteiger partial charge in [0.15, 0.2) is 0 Å². The lowest BCUT2D eigenvalue weighted by molar-refractivity contribution is 0.553. The minimum absolute atomic E-state index is 0.0157. The zero-order chi connectivity index (χ0) is 15.1. The predicted octanol–water partition coefficient (Wildman–Crippen LogP) is 3.95. The Labute approximate surface area is 127 Å². The fourth-order valence-electron chi connectivity index (χ4n) is 2.09. The van der Waals surface area contributed by atoms with Gasteiger partial charge in [-0.3, -0.25) is 9.36 Å². The molecule has 0 unspecified atom stereocenters. The topological polar surface area (TPSA) is 46.9 Å². The van der Waals surface area contributed by atoms with Crippen LogP contribution in [-0.2, 0) is 0 Å². The SMILES string of the molecule is CC(C)n1c(NC(C)(C)C)nc2c(Br)cccc2c1=O. The van der Waals surface area contributed by atoms with E-state index in [0.717, 1.165) is 4.47 Å². The highest BCUT2D eigenvalue weighted by Crippen LogP contribution is 2.23. The number of hydrogen-bond acceptors (Lipinski definition) is 3. The normalized spacial score (nSPS) is 12.2. The molecule has 2 rings (SSSR count). The lowest BCUT2D eigenvalue weighted by Crippen LogP contribution is -2.33. The van der Waals surface area contributed by atoms with Gasteiger partial charge >= 0.3 is 0 Å². The number of aromatic nitrogens is 2. The lowest BCUT2D eigenvalue weighted by atomic mass is 10.1. The van der Waals surface area contributed by atoms with Crippen LogP contribution in [0.15, 0.2) is 27.5 Å². The second-order valence-corrected chi connectivity index (χ2v) is 7.07. The molecule has 0 radical (unpaired) electrons. The Hall–Kier alpha value is -1.36. The van der Waals surface area contributed by atoms with Crippen LogP contribution in [0, 0.1) is 0 Å². The number of nitrogens with zero attached hydrogens (tertiary/aromatic N) is 2. The van der Waals surface area contributed by atoms with Gasteiger partial charge in [-0.2, -0.15) is 0 Å². The van der Waals surface area contributed by atoms with Gasteiger partial charge in [0, 0.05) is 16.1 Å². The maximum absolute atomic E-state index is 12.7. The van der Waals surface area contributed by atoms with Crippen LogP contribution in [0.2, 0.25) is 0 Å². The molecule has 0 fully saturated rings. The highest BCUT2D eigenvalue weighted by atomic mass is 79.9. The van der Waals surface area contributed by atoms with Gasteiger partial charge in [0.25, 0.3) is 5.56 Å². The van der Waals surface area contributed by atoms with Crippen molar-refractivity contribution < 1.29 is 0 Å². The Morgan fingerprint density at radius 2 is 1.95 bits per heavy atom. The summed E-state index contributed by atoms with van der Waals surface area (Å²) in [6.07, 6.45) is 0. The monoisotopic (exact) mass is 337 g/mol. The Bertz CT molecular complexity index is 699. The van der Waals surface area contributed by atoms with Crippen molar-refractivity contribution >= 4 is 32.8 Å². The van der Waals surface area contributed by atoms with E-state index in [1.807, 2.05) is 52.8 Å². The van der Waals surface area contributed by atoms with Crippen molar-refractivity contribution in [2.45, 2.75) is 46.2 Å². The Kier molecular flexibility index (Phi) is 3.91. The van der Waals surface area contributed by atoms with E-state index in [-0.39, 0.29) is 17.1 Å². The Balaban J connectivity index is 2.81. The number of benzene rings is 1. The van der Waals surface area contributed by atoms with Crippen LogP contribution in [0.1, 0.15) is 40.7 Å². The third-order valence-corrected chi connectivity index (χ3v) is 3.52. The van der Waals surface area contributed by atoms with Gasteiger partial charge in [0.1, 0.15) is 0 Å². The van der Waals surface area contributed by atoms with E-state index in [4.69, 9.17) is 0 Å². The molecule has 1 heterocycles. The number of para-hydroxylation sites is 1. The Morgan fingerprint density at radius 1 is 1.30 bits per heavy atom. The molecule has 108 valence electrons. The largest absolute Gasteiger partial charge is 0.351 e. The van der Waals surface area contributed by atoms with E-state index in [2.05, 4.69) is 26.2 Å². The first-order chi connectivity index (χ1) is 9.20. The molecule has 1 aromatic carbocycles. The van der Waals surface area contributed by atoms with Crippen molar-refractivity contribution in [2.24, 2.45) is 0 Å². The summed E-state index contributed by atoms with van der Waals surface area (Å²) in [5.41, 5.74) is 0.518. The summed E-state index contributed by atoms with van der Waals surface area (Å²) in [5.74, 6) is 0.608. The summed E-state index contributed by atoms with van der Waals surface area (Å²) in [7, 11) is 0. The van der Waals surface area contributed by atoms with E-state index in [1.165, 1.54) is 0 Å². The van der Waals surface area contributed by atoms with Crippen molar-refractivity contribution in [2.75, 3.05) is 5.32 Å². The van der Waals surface area contributed by atoms with Crippen molar-refractivity contribution in [3.05, 3.63) is 33.0 Å². The van der Waals surface area contributed by atoms with Crippen molar-refractivity contribution in [3.8, 4) is 0 Å². The minimum Gasteiger partial charge on any atom is -0.351 e. The lowest BCUT2D eigenvalue weighted by Gasteiger charge is -2.25. The van der Waals surface area contributed by atoms with Gasteiger partial charge < -0.3 is 5.32 Å². The van der Waals surface area contributed by atoms with Gasteiger partial charge in [0.2, 0.25) is 5.95 Å². The molecule has 20 heavy (non-hydrogen) atoms. The predicted molar refractivity (Wildman–Crippen MR) is 87.5 cm³/mol. The Morgan fingerprint density at radius 3 is 2.50 bits per heavy atom. The summed E-state index contributed by atoms with van der Waals surface area (Å²) in [4.78, 5) is 17.3.